The lowest BCUT2D eigenvalue weighted by molar-refractivity contribution is -0.136. The van der Waals surface area contributed by atoms with Crippen LogP contribution in [-0.2, 0) is 14.3 Å². The minimum absolute atomic E-state index is 0.0593. The summed E-state index contributed by atoms with van der Waals surface area (Å²) in [7, 11) is 1.41. The van der Waals surface area contributed by atoms with Crippen LogP contribution >= 0.6 is 0 Å². The first-order valence-corrected chi connectivity index (χ1v) is 9.20. The number of esters is 1. The van der Waals surface area contributed by atoms with Crippen LogP contribution in [0.1, 0.15) is 66.2 Å². The van der Waals surface area contributed by atoms with E-state index in [-0.39, 0.29) is 11.6 Å². The van der Waals surface area contributed by atoms with E-state index in [0.29, 0.717) is 24.5 Å². The Bertz CT molecular complexity index is 592. The summed E-state index contributed by atoms with van der Waals surface area (Å²) in [5.74, 6) is -0.285. The first kappa shape index (κ1) is 19.9. The summed E-state index contributed by atoms with van der Waals surface area (Å²) in [6.45, 7) is 7.84. The van der Waals surface area contributed by atoms with Crippen LogP contribution in [0.2, 0.25) is 0 Å². The number of aliphatic hydroxyl groups is 1. The van der Waals surface area contributed by atoms with E-state index >= 15 is 0 Å². The topological polar surface area (TPSA) is 59.1 Å². The summed E-state index contributed by atoms with van der Waals surface area (Å²) in [4.78, 5) is 12.1. The fourth-order valence-electron chi connectivity index (χ4n) is 3.37. The second-order valence-electron chi connectivity index (χ2n) is 7.98. The molecule has 0 aromatic heterocycles. The third kappa shape index (κ3) is 5.55. The van der Waals surface area contributed by atoms with Crippen molar-refractivity contribution in [2.45, 2.75) is 83.5 Å². The van der Waals surface area contributed by atoms with Crippen LogP contribution in [0.25, 0.3) is 0 Å². The molecular weight excluding hydrogens is 316 g/mol. The summed E-state index contributed by atoms with van der Waals surface area (Å²) in [6, 6.07) is 0. The van der Waals surface area contributed by atoms with Gasteiger partial charge in [0.25, 0.3) is 0 Å². The Kier molecular flexibility index (Phi) is 6.28. The van der Waals surface area contributed by atoms with Gasteiger partial charge in [0, 0.05) is 5.57 Å². The minimum Gasteiger partial charge on any atom is -0.466 e. The fraction of sp³-hybridized carbons (Fsp3) is 0.667. The van der Waals surface area contributed by atoms with E-state index in [2.05, 4.69) is 19.9 Å². The molecule has 0 saturated carbocycles. The number of hydrogen-bond acceptors (Lipinski definition) is 4. The summed E-state index contributed by atoms with van der Waals surface area (Å²) in [6.07, 6.45) is 11.3. The van der Waals surface area contributed by atoms with Crippen LogP contribution in [0.4, 0.5) is 0 Å². The van der Waals surface area contributed by atoms with Gasteiger partial charge in [0.1, 0.15) is 0 Å². The van der Waals surface area contributed by atoms with Gasteiger partial charge in [-0.2, -0.15) is 0 Å². The zero-order valence-corrected chi connectivity index (χ0v) is 16.2. The Balaban J connectivity index is 2.26. The molecule has 2 rings (SSSR count). The molecule has 1 fully saturated rings. The molecular formula is C21H32O4. The molecule has 0 aromatic carbocycles. The molecule has 1 saturated heterocycles. The highest BCUT2D eigenvalue weighted by Gasteiger charge is 2.50. The molecule has 0 unspecified atom stereocenters. The van der Waals surface area contributed by atoms with Crippen LogP contribution in [0.5, 0.6) is 0 Å². The van der Waals surface area contributed by atoms with Gasteiger partial charge in [0.2, 0.25) is 0 Å². The smallest absolute Gasteiger partial charge is 0.333 e. The Hall–Kier alpha value is -1.39. The standard InChI is InChI=1S/C21H32O4/c1-15-8-11-17(20(2,3)23)12-10-16(19(22)24-5)7-6-14-21(4)18(25-21)13-9-15/h7-8,11,18,23H,6,9-10,12-14H2,1-5H3/b15-8+,16-7+,17-11+/t18-,21-/m0/s1. The average molecular weight is 348 g/mol. The predicted octanol–water partition coefficient (Wildman–Crippen LogP) is 4.24. The van der Waals surface area contributed by atoms with E-state index in [1.54, 1.807) is 13.8 Å². The van der Waals surface area contributed by atoms with E-state index in [4.69, 9.17) is 9.47 Å². The predicted molar refractivity (Wildman–Crippen MR) is 99.2 cm³/mol. The molecule has 25 heavy (non-hydrogen) atoms. The van der Waals surface area contributed by atoms with E-state index < -0.39 is 5.60 Å². The zero-order chi connectivity index (χ0) is 18.7. The van der Waals surface area contributed by atoms with Crippen molar-refractivity contribution in [1.29, 1.82) is 0 Å². The lowest BCUT2D eigenvalue weighted by Crippen LogP contribution is -2.22. The van der Waals surface area contributed by atoms with Gasteiger partial charge in [-0.25, -0.2) is 4.79 Å². The number of ether oxygens (including phenoxy) is 2. The second-order valence-corrected chi connectivity index (χ2v) is 7.98. The van der Waals surface area contributed by atoms with Crippen LogP contribution in [0, 0.1) is 0 Å². The zero-order valence-electron chi connectivity index (χ0n) is 16.2. The van der Waals surface area contributed by atoms with Gasteiger partial charge in [-0.15, -0.1) is 0 Å². The first-order chi connectivity index (χ1) is 11.7. The van der Waals surface area contributed by atoms with Crippen LogP contribution in [-0.4, -0.2) is 35.5 Å². The quantitative estimate of drug-likeness (QED) is 0.599. The molecule has 0 radical (unpaired) electrons. The average Bonchev–Trinajstić information content (AvgIpc) is 3.18. The number of allylic oxidation sites excluding steroid dienone is 4. The minimum atomic E-state index is -0.909. The van der Waals surface area contributed by atoms with Gasteiger partial charge in [-0.05, 0) is 71.8 Å². The fourth-order valence-corrected chi connectivity index (χ4v) is 3.37. The maximum Gasteiger partial charge on any atom is 0.333 e. The van der Waals surface area contributed by atoms with Crippen molar-refractivity contribution in [3.63, 3.8) is 0 Å². The Morgan fingerprint density at radius 1 is 1.32 bits per heavy atom. The number of rotatable bonds is 2. The van der Waals surface area contributed by atoms with Crippen molar-refractivity contribution in [1.82, 2.24) is 0 Å². The highest BCUT2D eigenvalue weighted by molar-refractivity contribution is 5.88. The van der Waals surface area contributed by atoms with Crippen molar-refractivity contribution in [2.24, 2.45) is 0 Å². The maximum atomic E-state index is 12.1. The van der Waals surface area contributed by atoms with E-state index in [9.17, 15) is 9.90 Å². The molecule has 0 amide bonds. The summed E-state index contributed by atoms with van der Waals surface area (Å²) >= 11 is 0. The molecule has 1 heterocycles. The molecule has 0 aromatic rings. The molecule has 2 aliphatic rings. The number of carbonyl (C=O) groups excluding carboxylic acids is 1. The molecule has 4 heteroatoms. The van der Waals surface area contributed by atoms with Crippen LogP contribution < -0.4 is 0 Å². The van der Waals surface area contributed by atoms with Crippen molar-refractivity contribution < 1.29 is 19.4 Å². The normalized spacial score (nSPS) is 35.0. The number of hydrogen-bond donors (Lipinski definition) is 1. The van der Waals surface area contributed by atoms with Crippen LogP contribution in [0.3, 0.4) is 0 Å². The molecule has 140 valence electrons. The maximum absolute atomic E-state index is 12.1. The van der Waals surface area contributed by atoms with Crippen molar-refractivity contribution in [2.75, 3.05) is 7.11 Å². The van der Waals surface area contributed by atoms with Crippen molar-refractivity contribution in [3.05, 3.63) is 34.9 Å². The van der Waals surface area contributed by atoms with Gasteiger partial charge in [-0.1, -0.05) is 23.8 Å². The van der Waals surface area contributed by atoms with Gasteiger partial charge < -0.3 is 14.6 Å². The SMILES string of the molecule is COC(=O)/C1=C/CC[C@]2(C)O[C@H]2CC/C(C)=C/C=C(/C(C)(C)O)CC1. The monoisotopic (exact) mass is 348 g/mol. The van der Waals surface area contributed by atoms with Crippen molar-refractivity contribution >= 4 is 5.97 Å². The second kappa shape index (κ2) is 7.88. The lowest BCUT2D eigenvalue weighted by atomic mass is 9.90. The third-order valence-electron chi connectivity index (χ3n) is 5.33. The van der Waals surface area contributed by atoms with Gasteiger partial charge in [0.05, 0.1) is 24.4 Å². The van der Waals surface area contributed by atoms with E-state index in [0.717, 1.165) is 31.3 Å². The number of methoxy groups -OCH3 is 1. The highest BCUT2D eigenvalue weighted by atomic mass is 16.6. The summed E-state index contributed by atoms with van der Waals surface area (Å²) in [5.41, 5.74) is 1.91. The molecule has 1 N–H and O–H groups in total. The van der Waals surface area contributed by atoms with Crippen LogP contribution in [0.15, 0.2) is 34.9 Å². The Morgan fingerprint density at radius 3 is 2.68 bits per heavy atom. The van der Waals surface area contributed by atoms with E-state index in [1.807, 2.05) is 12.2 Å². The molecule has 0 bridgehead atoms. The highest BCUT2D eigenvalue weighted by Crippen LogP contribution is 2.43. The molecule has 2 atom stereocenters. The number of epoxide rings is 1. The number of carbonyl (C=O) groups is 1. The van der Waals surface area contributed by atoms with E-state index in [1.165, 1.54) is 12.7 Å². The third-order valence-corrected chi connectivity index (χ3v) is 5.33. The van der Waals surface area contributed by atoms with Gasteiger partial charge >= 0.3 is 5.97 Å². The van der Waals surface area contributed by atoms with Gasteiger partial charge in [-0.3, -0.25) is 0 Å². The number of fused-ring (bicyclic) bond motifs is 1. The Morgan fingerprint density at radius 2 is 2.04 bits per heavy atom. The molecule has 0 spiro atoms. The summed E-state index contributed by atoms with van der Waals surface area (Å²) < 4.78 is 10.8. The molecule has 1 aliphatic heterocycles. The summed E-state index contributed by atoms with van der Waals surface area (Å²) in [5, 5.41) is 10.4. The lowest BCUT2D eigenvalue weighted by Gasteiger charge is -2.22. The van der Waals surface area contributed by atoms with Crippen molar-refractivity contribution in [3.8, 4) is 0 Å². The van der Waals surface area contributed by atoms with Gasteiger partial charge in [0.15, 0.2) is 0 Å². The first-order valence-electron chi connectivity index (χ1n) is 9.20. The molecule has 1 aliphatic carbocycles. The Labute approximate surface area is 151 Å². The molecule has 4 nitrogen and oxygen atoms in total. The largest absolute Gasteiger partial charge is 0.466 e.